The van der Waals surface area contributed by atoms with E-state index >= 15 is 0 Å². The van der Waals surface area contributed by atoms with Crippen LogP contribution in [-0.2, 0) is 9.59 Å². The van der Waals surface area contributed by atoms with Gasteiger partial charge in [-0.3, -0.25) is 14.4 Å². The molecule has 2 aliphatic heterocycles. The fraction of sp³-hybridized carbons (Fsp3) is 0.542. The van der Waals surface area contributed by atoms with E-state index in [1.54, 1.807) is 0 Å². The van der Waals surface area contributed by atoms with E-state index in [-0.39, 0.29) is 52.7 Å². The largest absolute Gasteiger partial charge is 0.394 e. The van der Waals surface area contributed by atoms with Crippen molar-refractivity contribution in [1.82, 2.24) is 20.5 Å². The number of aromatic nitrogens is 1. The minimum absolute atomic E-state index is 0.0183. The number of fused-ring (bicyclic) bond motifs is 2. The number of carbonyl (C=O) groups excluding carboxylic acids is 3. The van der Waals surface area contributed by atoms with Crippen molar-refractivity contribution >= 4 is 40.2 Å². The number of hydrogen-bond acceptors (Lipinski definition) is 4. The predicted octanol–water partition coefficient (Wildman–Crippen LogP) is 2.06. The number of amides is 3. The molecule has 34 heavy (non-hydrogen) atoms. The summed E-state index contributed by atoms with van der Waals surface area (Å²) in [5.74, 6) is -1.40. The van der Waals surface area contributed by atoms with Gasteiger partial charge in [0, 0.05) is 24.4 Å². The highest BCUT2D eigenvalue weighted by Gasteiger charge is 2.69. The van der Waals surface area contributed by atoms with Gasteiger partial charge in [0.2, 0.25) is 11.8 Å². The monoisotopic (exact) mass is 490 g/mol. The van der Waals surface area contributed by atoms with Crippen molar-refractivity contribution in [3.05, 3.63) is 34.7 Å². The second-order valence-corrected chi connectivity index (χ2v) is 10.7. The lowest BCUT2D eigenvalue weighted by molar-refractivity contribution is -0.128. The summed E-state index contributed by atoms with van der Waals surface area (Å²) < 4.78 is 14.3. The van der Waals surface area contributed by atoms with Gasteiger partial charge in [-0.1, -0.05) is 25.4 Å². The maximum absolute atomic E-state index is 14.3. The van der Waals surface area contributed by atoms with E-state index in [2.05, 4.69) is 29.5 Å². The van der Waals surface area contributed by atoms with E-state index in [1.807, 2.05) is 0 Å². The molecule has 3 amide bonds. The second-order valence-electron chi connectivity index (χ2n) is 10.3. The summed E-state index contributed by atoms with van der Waals surface area (Å²) >= 11 is 6.17. The van der Waals surface area contributed by atoms with Crippen LogP contribution in [0, 0.1) is 29.0 Å². The standard InChI is InChI=1S/C24H28ClFN4O4/c1-24(2)14-9-30(23(34)17-8-13-16(26)4-3-15(25)19(13)29-17)20(18(14)24)22(33)28-12(10-31)7-11-5-6-27-21(11)32/h3-4,8,11-12,14,18,20,29,31H,5-7,9-10H2,1-2H3,(H,27,32)(H,28,33)/t11-,12-,14-,18-,20-/m0/s1. The van der Waals surface area contributed by atoms with Crippen LogP contribution in [0.25, 0.3) is 10.9 Å². The van der Waals surface area contributed by atoms with Gasteiger partial charge in [0.05, 0.1) is 23.2 Å². The molecule has 8 nitrogen and oxygen atoms in total. The van der Waals surface area contributed by atoms with E-state index in [4.69, 9.17) is 11.6 Å². The van der Waals surface area contributed by atoms with Crippen LogP contribution in [0.3, 0.4) is 0 Å². The number of likely N-dealkylation sites (tertiary alicyclic amines) is 1. The Labute approximate surface area is 201 Å². The van der Waals surface area contributed by atoms with Gasteiger partial charge in [-0.2, -0.15) is 0 Å². The van der Waals surface area contributed by atoms with Gasteiger partial charge in [-0.05, 0) is 48.3 Å². The van der Waals surface area contributed by atoms with Gasteiger partial charge in [0.1, 0.15) is 17.6 Å². The molecule has 0 unspecified atom stereocenters. The summed E-state index contributed by atoms with van der Waals surface area (Å²) in [6, 6.07) is 2.80. The first-order chi connectivity index (χ1) is 16.1. The van der Waals surface area contributed by atoms with E-state index < -0.39 is 23.8 Å². The third kappa shape index (κ3) is 3.65. The lowest BCUT2D eigenvalue weighted by Crippen LogP contribution is -2.53. The average Bonchev–Trinajstić information content (AvgIpc) is 3.32. The number of carbonyl (C=O) groups is 3. The van der Waals surface area contributed by atoms with Crippen molar-refractivity contribution in [2.24, 2.45) is 23.2 Å². The second kappa shape index (κ2) is 8.23. The fourth-order valence-electron chi connectivity index (χ4n) is 5.90. The summed E-state index contributed by atoms with van der Waals surface area (Å²) in [6.07, 6.45) is 1.00. The van der Waals surface area contributed by atoms with E-state index in [9.17, 15) is 23.9 Å². The molecule has 3 aliphatic rings. The first-order valence-electron chi connectivity index (χ1n) is 11.6. The van der Waals surface area contributed by atoms with Gasteiger partial charge in [-0.25, -0.2) is 4.39 Å². The maximum Gasteiger partial charge on any atom is 0.271 e. The van der Waals surface area contributed by atoms with Crippen molar-refractivity contribution in [1.29, 1.82) is 0 Å². The number of H-pyrrole nitrogens is 1. The molecule has 0 bridgehead atoms. The molecule has 4 N–H and O–H groups in total. The Hall–Kier alpha value is -2.65. The Balaban J connectivity index is 1.38. The van der Waals surface area contributed by atoms with E-state index in [0.717, 1.165) is 0 Å². The Morgan fingerprint density at radius 3 is 2.79 bits per heavy atom. The van der Waals surface area contributed by atoms with Crippen LogP contribution in [0.15, 0.2) is 18.2 Å². The molecule has 3 heterocycles. The van der Waals surface area contributed by atoms with Gasteiger partial charge in [0.25, 0.3) is 5.91 Å². The number of aliphatic hydroxyl groups is 1. The van der Waals surface area contributed by atoms with Crippen molar-refractivity contribution in [3.63, 3.8) is 0 Å². The molecule has 5 rings (SSSR count). The van der Waals surface area contributed by atoms with Crippen molar-refractivity contribution in [3.8, 4) is 0 Å². The lowest BCUT2D eigenvalue weighted by atomic mass is 9.97. The molecule has 3 fully saturated rings. The molecule has 1 saturated carbocycles. The number of nitrogens with zero attached hydrogens (tertiary/aromatic N) is 1. The van der Waals surface area contributed by atoms with Crippen LogP contribution in [0.1, 0.15) is 37.2 Å². The Kier molecular flexibility index (Phi) is 5.60. The van der Waals surface area contributed by atoms with Crippen molar-refractivity contribution in [2.45, 2.75) is 38.8 Å². The number of nitrogens with one attached hydrogen (secondary N) is 3. The summed E-state index contributed by atoms with van der Waals surface area (Å²) in [4.78, 5) is 43.2. The van der Waals surface area contributed by atoms with Crippen LogP contribution in [0.4, 0.5) is 4.39 Å². The molecule has 1 aromatic carbocycles. The number of rotatable bonds is 6. The minimum atomic E-state index is -0.717. The van der Waals surface area contributed by atoms with Gasteiger partial charge in [-0.15, -0.1) is 0 Å². The van der Waals surface area contributed by atoms with Crippen molar-refractivity contribution < 1.29 is 23.9 Å². The molecular weight excluding hydrogens is 463 g/mol. The molecule has 10 heteroatoms. The molecule has 0 spiro atoms. The molecule has 2 saturated heterocycles. The zero-order valence-corrected chi connectivity index (χ0v) is 19.8. The Morgan fingerprint density at radius 1 is 1.38 bits per heavy atom. The molecule has 0 radical (unpaired) electrons. The Morgan fingerprint density at radius 2 is 2.15 bits per heavy atom. The quantitative estimate of drug-likeness (QED) is 0.496. The summed E-state index contributed by atoms with van der Waals surface area (Å²) in [7, 11) is 0. The van der Waals surface area contributed by atoms with Crippen LogP contribution in [0.5, 0.6) is 0 Å². The SMILES string of the molecule is CC1(C)[C@@H]2[C@@H](C(=O)N[C@H](CO)C[C@@H]3CCNC3=O)N(C(=O)c3cc4c(F)ccc(Cl)c4[nH]3)C[C@@H]21. The van der Waals surface area contributed by atoms with Crippen LogP contribution in [-0.4, -0.2) is 64.5 Å². The normalized spacial score (nSPS) is 28.0. The zero-order chi connectivity index (χ0) is 24.4. The number of aromatic amines is 1. The van der Waals surface area contributed by atoms with Gasteiger partial charge >= 0.3 is 0 Å². The first-order valence-corrected chi connectivity index (χ1v) is 12.0. The summed E-state index contributed by atoms with van der Waals surface area (Å²) in [5, 5.41) is 16.0. The van der Waals surface area contributed by atoms with Crippen molar-refractivity contribution in [2.75, 3.05) is 19.7 Å². The predicted molar refractivity (Wildman–Crippen MR) is 124 cm³/mol. The van der Waals surface area contributed by atoms with Gasteiger partial charge < -0.3 is 25.6 Å². The smallest absolute Gasteiger partial charge is 0.271 e. The van der Waals surface area contributed by atoms with Crippen LogP contribution < -0.4 is 10.6 Å². The lowest BCUT2D eigenvalue weighted by Gasteiger charge is -2.31. The molecule has 1 aliphatic carbocycles. The maximum atomic E-state index is 14.3. The third-order valence-electron chi connectivity index (χ3n) is 7.96. The highest BCUT2D eigenvalue weighted by molar-refractivity contribution is 6.35. The van der Waals surface area contributed by atoms with E-state index in [1.165, 1.54) is 23.1 Å². The first kappa shape index (κ1) is 23.1. The highest BCUT2D eigenvalue weighted by atomic mass is 35.5. The highest BCUT2D eigenvalue weighted by Crippen LogP contribution is 2.65. The van der Waals surface area contributed by atoms with Crippen LogP contribution >= 0.6 is 11.6 Å². The topological polar surface area (TPSA) is 115 Å². The summed E-state index contributed by atoms with van der Waals surface area (Å²) in [5.41, 5.74) is 0.417. The zero-order valence-electron chi connectivity index (χ0n) is 19.0. The number of hydrogen-bond donors (Lipinski definition) is 4. The van der Waals surface area contributed by atoms with E-state index in [0.29, 0.717) is 36.5 Å². The molecule has 1 aromatic heterocycles. The van der Waals surface area contributed by atoms with Gasteiger partial charge in [0.15, 0.2) is 0 Å². The average molecular weight is 491 g/mol. The molecular formula is C24H28ClFN4O4. The summed E-state index contributed by atoms with van der Waals surface area (Å²) in [6.45, 7) is 4.86. The number of benzene rings is 1. The molecule has 182 valence electrons. The Bertz CT molecular complexity index is 1140. The molecule has 5 atom stereocenters. The number of piperidine rings is 1. The number of aliphatic hydroxyl groups excluding tert-OH is 1. The molecule has 2 aromatic rings. The minimum Gasteiger partial charge on any atom is -0.394 e. The number of halogens is 2. The fourth-order valence-corrected chi connectivity index (χ4v) is 6.11. The third-order valence-corrected chi connectivity index (χ3v) is 8.27. The van der Waals surface area contributed by atoms with Crippen LogP contribution in [0.2, 0.25) is 5.02 Å².